The Kier molecular flexibility index (Phi) is 12.1. The summed E-state index contributed by atoms with van der Waals surface area (Å²) in [6, 6.07) is 8.49. The van der Waals surface area contributed by atoms with Crippen molar-refractivity contribution in [3.05, 3.63) is 57.1 Å². The molecule has 228 valence electrons. The van der Waals surface area contributed by atoms with Gasteiger partial charge in [-0.1, -0.05) is 49.2 Å². The first-order valence-corrected chi connectivity index (χ1v) is 16.0. The Morgan fingerprint density at radius 1 is 0.927 bits per heavy atom. The van der Waals surface area contributed by atoms with Crippen LogP contribution in [0.15, 0.2) is 30.3 Å². The number of hydrogen-bond acceptors (Lipinski definition) is 7. The molecule has 0 spiro atoms. The van der Waals surface area contributed by atoms with Gasteiger partial charge in [-0.25, -0.2) is 10.2 Å². The van der Waals surface area contributed by atoms with Gasteiger partial charge in [0.15, 0.2) is 6.35 Å². The van der Waals surface area contributed by atoms with E-state index in [9.17, 15) is 19.3 Å². The first kappa shape index (κ1) is 34.9. The van der Waals surface area contributed by atoms with Gasteiger partial charge in [0.05, 0.1) is 13.2 Å². The van der Waals surface area contributed by atoms with Crippen LogP contribution in [0.3, 0.4) is 0 Å². The number of ether oxygens (including phenoxy) is 3. The molecule has 0 radical (unpaired) electrons. The standard InChI is InChI=1S/C29H41Cl2N2O7P/c1-9-38-26(35)28(5,6)32-41(37,33-29(7,8)27(36)39-10-2)17-40-20-15-23(30)22(24(31)16-20)14-19-11-12-25(34)21(13-19)18(3)4/h11-13,15-16,18,34H,9-10,14,17H2,1-8H3,(H2,32,33,37). The zero-order valence-corrected chi connectivity index (χ0v) is 27.3. The van der Waals surface area contributed by atoms with Crippen molar-refractivity contribution >= 4 is 42.6 Å². The molecule has 41 heavy (non-hydrogen) atoms. The maximum absolute atomic E-state index is 14.2. The van der Waals surface area contributed by atoms with Crippen molar-refractivity contribution in [1.82, 2.24) is 10.2 Å². The van der Waals surface area contributed by atoms with Crippen molar-refractivity contribution in [2.24, 2.45) is 0 Å². The van der Waals surface area contributed by atoms with Crippen LogP contribution in [0.5, 0.6) is 11.5 Å². The fourth-order valence-electron chi connectivity index (χ4n) is 4.09. The summed E-state index contributed by atoms with van der Waals surface area (Å²) in [6.45, 7) is 13.7. The average Bonchev–Trinajstić information content (AvgIpc) is 2.85. The van der Waals surface area contributed by atoms with E-state index in [-0.39, 0.29) is 30.6 Å². The molecule has 12 heteroatoms. The van der Waals surface area contributed by atoms with Crippen LogP contribution >= 0.6 is 30.6 Å². The second-order valence-electron chi connectivity index (χ2n) is 11.0. The second kappa shape index (κ2) is 14.3. The molecule has 0 atom stereocenters. The summed E-state index contributed by atoms with van der Waals surface area (Å²) >= 11 is 13.2. The zero-order valence-electron chi connectivity index (χ0n) is 24.9. The highest BCUT2D eigenvalue weighted by Gasteiger charge is 2.43. The van der Waals surface area contributed by atoms with Gasteiger partial charge in [0.25, 0.3) is 0 Å². The van der Waals surface area contributed by atoms with E-state index in [2.05, 4.69) is 10.2 Å². The highest BCUT2D eigenvalue weighted by atomic mass is 35.5. The number of esters is 2. The number of carbonyl (C=O) groups is 2. The van der Waals surface area contributed by atoms with E-state index < -0.39 is 36.8 Å². The van der Waals surface area contributed by atoms with E-state index in [4.69, 9.17) is 37.4 Å². The number of rotatable bonds is 14. The van der Waals surface area contributed by atoms with Gasteiger partial charge in [-0.3, -0.25) is 14.2 Å². The molecule has 0 unspecified atom stereocenters. The maximum Gasteiger partial charge on any atom is 0.326 e. The van der Waals surface area contributed by atoms with Crippen LogP contribution in [0, 0.1) is 0 Å². The summed E-state index contributed by atoms with van der Waals surface area (Å²) in [5, 5.41) is 16.5. The molecule has 9 nitrogen and oxygen atoms in total. The van der Waals surface area contributed by atoms with Crippen LogP contribution in [0.2, 0.25) is 10.0 Å². The molecular formula is C29H41Cl2N2O7P. The fraction of sp³-hybridized carbons (Fsp3) is 0.517. The van der Waals surface area contributed by atoms with Crippen molar-refractivity contribution in [3.8, 4) is 11.5 Å². The van der Waals surface area contributed by atoms with Crippen molar-refractivity contribution < 1.29 is 33.5 Å². The van der Waals surface area contributed by atoms with Crippen molar-refractivity contribution in [1.29, 1.82) is 0 Å². The monoisotopic (exact) mass is 630 g/mol. The topological polar surface area (TPSA) is 123 Å². The molecule has 0 amide bonds. The number of aromatic hydroxyl groups is 1. The molecular weight excluding hydrogens is 590 g/mol. The predicted octanol–water partition coefficient (Wildman–Crippen LogP) is 6.81. The third-order valence-electron chi connectivity index (χ3n) is 6.11. The molecule has 2 aromatic rings. The first-order chi connectivity index (χ1) is 18.9. The molecule has 0 bridgehead atoms. The molecule has 0 aromatic heterocycles. The number of carbonyl (C=O) groups excluding carboxylic acids is 2. The van der Waals surface area contributed by atoms with Gasteiger partial charge in [-0.2, -0.15) is 0 Å². The van der Waals surface area contributed by atoms with Crippen molar-refractivity contribution in [2.75, 3.05) is 19.6 Å². The quantitative estimate of drug-likeness (QED) is 0.153. The SMILES string of the molecule is CCOC(=O)C(C)(C)NP(=O)(COc1cc(Cl)c(Cc2ccc(O)c(C(C)C)c2)c(Cl)c1)NC(C)(C)C(=O)OCC. The van der Waals surface area contributed by atoms with E-state index in [1.54, 1.807) is 32.0 Å². The van der Waals surface area contributed by atoms with Gasteiger partial charge in [-0.15, -0.1) is 0 Å². The molecule has 0 saturated carbocycles. The van der Waals surface area contributed by atoms with Crippen molar-refractivity contribution in [3.63, 3.8) is 0 Å². The molecule has 2 aromatic carbocycles. The number of phenols is 1. The minimum atomic E-state index is -3.83. The van der Waals surface area contributed by atoms with E-state index in [1.165, 1.54) is 27.7 Å². The third kappa shape index (κ3) is 9.62. The first-order valence-electron chi connectivity index (χ1n) is 13.4. The van der Waals surface area contributed by atoms with Crippen LogP contribution in [-0.4, -0.2) is 47.7 Å². The molecule has 0 aliphatic heterocycles. The van der Waals surface area contributed by atoms with Gasteiger partial charge >= 0.3 is 11.9 Å². The van der Waals surface area contributed by atoms with E-state index in [0.717, 1.165) is 11.1 Å². The van der Waals surface area contributed by atoms with E-state index >= 15 is 0 Å². The number of phenolic OH excluding ortho intramolecular Hbond substituents is 1. The number of hydrogen-bond donors (Lipinski definition) is 3. The highest BCUT2D eigenvalue weighted by molar-refractivity contribution is 7.59. The lowest BCUT2D eigenvalue weighted by Crippen LogP contribution is -2.54. The smallest absolute Gasteiger partial charge is 0.326 e. The third-order valence-corrected chi connectivity index (χ3v) is 9.12. The second-order valence-corrected chi connectivity index (χ2v) is 14.0. The van der Waals surface area contributed by atoms with Gasteiger partial charge in [0, 0.05) is 16.5 Å². The molecule has 0 heterocycles. The summed E-state index contributed by atoms with van der Waals surface area (Å²) in [5.74, 6) is -0.641. The zero-order chi connectivity index (χ0) is 31.2. The maximum atomic E-state index is 14.2. The molecule has 0 aliphatic carbocycles. The predicted molar refractivity (Wildman–Crippen MR) is 162 cm³/mol. The molecule has 0 saturated heterocycles. The Morgan fingerprint density at radius 2 is 1.41 bits per heavy atom. The lowest BCUT2D eigenvalue weighted by Gasteiger charge is -2.35. The van der Waals surface area contributed by atoms with Gasteiger partial charge in [0.2, 0.25) is 7.44 Å². The van der Waals surface area contributed by atoms with Crippen LogP contribution in [0.25, 0.3) is 0 Å². The van der Waals surface area contributed by atoms with Crippen LogP contribution < -0.4 is 14.9 Å². The van der Waals surface area contributed by atoms with Crippen molar-refractivity contribution in [2.45, 2.75) is 78.8 Å². The van der Waals surface area contributed by atoms with Gasteiger partial charge in [0.1, 0.15) is 22.6 Å². The molecule has 3 N–H and O–H groups in total. The number of halogens is 2. The average molecular weight is 632 g/mol. The minimum Gasteiger partial charge on any atom is -0.508 e. The summed E-state index contributed by atoms with van der Waals surface area (Å²) in [6.07, 6.45) is -0.0403. The Labute approximate surface area is 252 Å². The van der Waals surface area contributed by atoms with Crippen LogP contribution in [0.1, 0.15) is 78.0 Å². The van der Waals surface area contributed by atoms with Crippen LogP contribution in [0.4, 0.5) is 0 Å². The summed E-state index contributed by atoms with van der Waals surface area (Å²) in [4.78, 5) is 25.1. The summed E-state index contributed by atoms with van der Waals surface area (Å²) in [5.41, 5.74) is -0.367. The van der Waals surface area contributed by atoms with Gasteiger partial charge < -0.3 is 19.3 Å². The number of nitrogens with one attached hydrogen (secondary N) is 2. The highest BCUT2D eigenvalue weighted by Crippen LogP contribution is 2.43. The Bertz CT molecular complexity index is 1240. The molecule has 0 aliphatic rings. The molecule has 0 fully saturated rings. The summed E-state index contributed by atoms with van der Waals surface area (Å²) < 4.78 is 30.3. The summed E-state index contributed by atoms with van der Waals surface area (Å²) in [7, 11) is -3.83. The van der Waals surface area contributed by atoms with E-state index in [0.29, 0.717) is 22.0 Å². The number of benzene rings is 2. The van der Waals surface area contributed by atoms with Gasteiger partial charge in [-0.05, 0) is 82.3 Å². The van der Waals surface area contributed by atoms with Crippen LogP contribution in [-0.2, 0) is 30.0 Å². The largest absolute Gasteiger partial charge is 0.508 e. The molecule has 2 rings (SSSR count). The Balaban J connectivity index is 2.34. The van der Waals surface area contributed by atoms with E-state index in [1.807, 2.05) is 26.0 Å². The minimum absolute atomic E-state index is 0.136. The lowest BCUT2D eigenvalue weighted by atomic mass is 9.96. The fourth-order valence-corrected chi connectivity index (χ4v) is 7.19. The Hall–Kier alpha value is -2.29. The lowest BCUT2D eigenvalue weighted by molar-refractivity contribution is -0.149. The normalized spacial score (nSPS) is 12.4. The Morgan fingerprint density at radius 3 is 1.85 bits per heavy atom.